The predicted octanol–water partition coefficient (Wildman–Crippen LogP) is 6.22. The first-order valence-electron chi connectivity index (χ1n) is 11.3. The Labute approximate surface area is 192 Å². The topological polar surface area (TPSA) is 80.9 Å². The van der Waals surface area contributed by atoms with Crippen LogP contribution in [0.3, 0.4) is 0 Å². The molecule has 1 N–H and O–H groups in total. The molecule has 33 heavy (non-hydrogen) atoms. The molecule has 170 valence electrons. The molecular weight excluding hydrogens is 419 g/mol. The maximum absolute atomic E-state index is 15.3. The Hall–Kier alpha value is -3.61. The molecule has 4 aromatic rings. The lowest BCUT2D eigenvalue weighted by molar-refractivity contribution is 0.0695. The molecule has 0 amide bonds. The minimum Gasteiger partial charge on any atom is -0.478 e. The fourth-order valence-electron chi connectivity index (χ4n) is 4.58. The molecule has 0 radical (unpaired) electrons. The second kappa shape index (κ2) is 9.48. The average molecular weight is 447 g/mol. The lowest BCUT2D eigenvalue weighted by Crippen LogP contribution is -2.06. The largest absolute Gasteiger partial charge is 0.478 e. The van der Waals surface area contributed by atoms with Crippen molar-refractivity contribution < 1.29 is 14.3 Å². The Morgan fingerprint density at radius 3 is 2.48 bits per heavy atom. The van der Waals surface area contributed by atoms with Crippen LogP contribution >= 0.6 is 0 Å². The summed E-state index contributed by atoms with van der Waals surface area (Å²) in [6.45, 7) is 4.00. The Balaban J connectivity index is 0.00000126. The van der Waals surface area contributed by atoms with E-state index in [4.69, 9.17) is 0 Å². The second-order valence-corrected chi connectivity index (χ2v) is 8.07. The van der Waals surface area contributed by atoms with Gasteiger partial charge in [0.2, 0.25) is 0 Å². The number of aryl methyl sites for hydroxylation is 1. The molecule has 5 rings (SSSR count). The third-order valence-corrected chi connectivity index (χ3v) is 6.08. The van der Waals surface area contributed by atoms with Gasteiger partial charge in [0.25, 0.3) is 0 Å². The smallest absolute Gasteiger partial charge is 0.335 e. The second-order valence-electron chi connectivity index (χ2n) is 8.07. The summed E-state index contributed by atoms with van der Waals surface area (Å²) in [6.07, 6.45) is 9.05. The number of halogens is 1. The molecular formula is C26H27FN4O2. The highest BCUT2D eigenvalue weighted by Crippen LogP contribution is 2.39. The minimum absolute atomic E-state index is 0.209. The molecule has 2 heterocycles. The number of carboxylic acid groups (broad SMARTS) is 1. The summed E-state index contributed by atoms with van der Waals surface area (Å²) in [7, 11) is 1.81. The van der Waals surface area contributed by atoms with Crippen molar-refractivity contribution in [3.8, 4) is 22.4 Å². The number of hydrogen-bond acceptors (Lipinski definition) is 4. The van der Waals surface area contributed by atoms with Crippen LogP contribution in [-0.4, -0.2) is 30.8 Å². The van der Waals surface area contributed by atoms with Crippen molar-refractivity contribution >= 4 is 16.9 Å². The molecule has 1 aliphatic carbocycles. The molecule has 1 fully saturated rings. The van der Waals surface area contributed by atoms with Gasteiger partial charge in [-0.1, -0.05) is 32.8 Å². The first-order valence-corrected chi connectivity index (χ1v) is 11.3. The van der Waals surface area contributed by atoms with Gasteiger partial charge in [0, 0.05) is 24.4 Å². The van der Waals surface area contributed by atoms with Gasteiger partial charge in [-0.3, -0.25) is 4.68 Å². The minimum atomic E-state index is -0.937. The van der Waals surface area contributed by atoms with Gasteiger partial charge in [-0.05, 0) is 54.2 Å². The fraction of sp³-hybridized carbons (Fsp3) is 0.308. The zero-order valence-corrected chi connectivity index (χ0v) is 19.0. The number of hydrogen-bond donors (Lipinski definition) is 1. The number of carboxylic acids is 1. The van der Waals surface area contributed by atoms with Crippen molar-refractivity contribution in [3.63, 3.8) is 0 Å². The van der Waals surface area contributed by atoms with Crippen molar-refractivity contribution in [2.75, 3.05) is 0 Å². The van der Waals surface area contributed by atoms with E-state index < -0.39 is 11.8 Å². The summed E-state index contributed by atoms with van der Waals surface area (Å²) in [5.41, 5.74) is 4.28. The number of fused-ring (bicyclic) bond motifs is 1. The molecule has 0 unspecified atom stereocenters. The maximum atomic E-state index is 15.3. The van der Waals surface area contributed by atoms with E-state index in [2.05, 4.69) is 15.1 Å². The Bertz CT molecular complexity index is 1310. The maximum Gasteiger partial charge on any atom is 0.335 e. The average Bonchev–Trinajstić information content (AvgIpc) is 3.51. The highest BCUT2D eigenvalue weighted by molar-refractivity contribution is 5.96. The van der Waals surface area contributed by atoms with Crippen molar-refractivity contribution in [3.05, 3.63) is 66.0 Å². The zero-order chi connectivity index (χ0) is 23.5. The van der Waals surface area contributed by atoms with Gasteiger partial charge in [0.15, 0.2) is 0 Å². The van der Waals surface area contributed by atoms with E-state index in [1.807, 2.05) is 39.2 Å². The first kappa shape index (κ1) is 22.6. The number of carbonyl (C=O) groups is 1. The van der Waals surface area contributed by atoms with Crippen molar-refractivity contribution in [1.82, 2.24) is 19.7 Å². The SMILES string of the molecule is CC.Cn1cc(-c2cc(F)c3c(-c4ccc(C(=O)O)c(C5CCCC5)c4)ncnc3c2)cn1. The van der Waals surface area contributed by atoms with Crippen LogP contribution in [0.25, 0.3) is 33.3 Å². The van der Waals surface area contributed by atoms with Gasteiger partial charge in [0.1, 0.15) is 12.1 Å². The number of nitrogens with zero attached hydrogens (tertiary/aromatic N) is 4. The van der Waals surface area contributed by atoms with Gasteiger partial charge in [-0.15, -0.1) is 0 Å². The van der Waals surface area contributed by atoms with Crippen LogP contribution in [0, 0.1) is 5.82 Å². The van der Waals surface area contributed by atoms with E-state index >= 15 is 4.39 Å². The molecule has 2 aromatic heterocycles. The summed E-state index contributed by atoms with van der Waals surface area (Å²) >= 11 is 0. The molecule has 1 aliphatic rings. The van der Waals surface area contributed by atoms with Crippen LogP contribution in [0.2, 0.25) is 0 Å². The number of rotatable bonds is 4. The Morgan fingerprint density at radius 1 is 1.06 bits per heavy atom. The monoisotopic (exact) mass is 446 g/mol. The third kappa shape index (κ3) is 4.35. The third-order valence-electron chi connectivity index (χ3n) is 6.08. The van der Waals surface area contributed by atoms with Crippen LogP contribution in [0.4, 0.5) is 4.39 Å². The highest BCUT2D eigenvalue weighted by atomic mass is 19.1. The number of aromatic carboxylic acids is 1. The van der Waals surface area contributed by atoms with Crippen LogP contribution in [-0.2, 0) is 7.05 Å². The molecule has 0 aliphatic heterocycles. The molecule has 0 atom stereocenters. The van der Waals surface area contributed by atoms with E-state index in [-0.39, 0.29) is 5.92 Å². The van der Waals surface area contributed by atoms with Crippen LogP contribution in [0.5, 0.6) is 0 Å². The number of benzene rings is 2. The zero-order valence-electron chi connectivity index (χ0n) is 19.0. The van der Waals surface area contributed by atoms with Gasteiger partial charge in [0.05, 0.1) is 28.4 Å². The summed E-state index contributed by atoms with van der Waals surface area (Å²) in [6, 6.07) is 8.48. The highest BCUT2D eigenvalue weighted by Gasteiger charge is 2.24. The molecule has 0 saturated heterocycles. The number of aromatic nitrogens is 4. The standard InChI is InChI=1S/C24H21FN4O2.C2H6/c1-29-12-17(11-28-29)16-9-20(25)22-21(10-16)26-13-27-23(22)15-6-7-18(24(30)31)19(8-15)14-4-2-3-5-14;1-2/h6-14H,2-5H2,1H3,(H,30,31);1-2H3. The normalized spacial score (nSPS) is 13.7. The van der Waals surface area contributed by atoms with E-state index in [0.29, 0.717) is 33.3 Å². The van der Waals surface area contributed by atoms with E-state index in [0.717, 1.165) is 36.8 Å². The molecule has 0 spiro atoms. The summed E-state index contributed by atoms with van der Waals surface area (Å²) in [4.78, 5) is 20.4. The van der Waals surface area contributed by atoms with E-state index in [1.165, 1.54) is 12.4 Å². The summed E-state index contributed by atoms with van der Waals surface area (Å²) in [5.74, 6) is -1.15. The quantitative estimate of drug-likeness (QED) is 0.403. The van der Waals surface area contributed by atoms with Crippen molar-refractivity contribution in [2.45, 2.75) is 45.4 Å². The van der Waals surface area contributed by atoms with E-state index in [9.17, 15) is 9.90 Å². The van der Waals surface area contributed by atoms with Gasteiger partial charge in [-0.25, -0.2) is 19.2 Å². The molecule has 0 bridgehead atoms. The lowest BCUT2D eigenvalue weighted by atomic mass is 9.90. The Kier molecular flexibility index (Phi) is 6.49. The van der Waals surface area contributed by atoms with Crippen molar-refractivity contribution in [2.24, 2.45) is 7.05 Å². The summed E-state index contributed by atoms with van der Waals surface area (Å²) < 4.78 is 17.0. The molecule has 2 aromatic carbocycles. The molecule has 1 saturated carbocycles. The lowest BCUT2D eigenvalue weighted by Gasteiger charge is -2.15. The van der Waals surface area contributed by atoms with Crippen LogP contribution < -0.4 is 0 Å². The molecule has 6 nitrogen and oxygen atoms in total. The Morgan fingerprint density at radius 2 is 1.82 bits per heavy atom. The van der Waals surface area contributed by atoms with Crippen LogP contribution in [0.1, 0.15) is 61.4 Å². The van der Waals surface area contributed by atoms with Gasteiger partial charge >= 0.3 is 5.97 Å². The fourth-order valence-corrected chi connectivity index (χ4v) is 4.58. The van der Waals surface area contributed by atoms with Crippen molar-refractivity contribution in [1.29, 1.82) is 0 Å². The first-order chi connectivity index (χ1) is 16.0. The van der Waals surface area contributed by atoms with E-state index in [1.54, 1.807) is 23.0 Å². The van der Waals surface area contributed by atoms with Gasteiger partial charge < -0.3 is 5.11 Å². The van der Waals surface area contributed by atoms with Gasteiger partial charge in [-0.2, -0.15) is 5.10 Å². The predicted molar refractivity (Wildman–Crippen MR) is 127 cm³/mol. The molecule has 7 heteroatoms. The summed E-state index contributed by atoms with van der Waals surface area (Å²) in [5, 5.41) is 14.1. The van der Waals surface area contributed by atoms with Crippen LogP contribution in [0.15, 0.2) is 49.1 Å².